The minimum Gasteiger partial charge on any atom is -0.477 e. The van der Waals surface area contributed by atoms with Gasteiger partial charge < -0.3 is 5.11 Å². The number of fused-ring (bicyclic) bond motifs is 1. The summed E-state index contributed by atoms with van der Waals surface area (Å²) in [6.07, 6.45) is 3.21. The van der Waals surface area contributed by atoms with Crippen LogP contribution in [0.15, 0.2) is 18.5 Å². The van der Waals surface area contributed by atoms with Crippen molar-refractivity contribution in [1.82, 2.24) is 14.6 Å². The Morgan fingerprint density at radius 3 is 3.08 bits per heavy atom. The monoisotopic (exact) mass is 289 g/mol. The highest BCUT2D eigenvalue weighted by Gasteiger charge is 2.07. The summed E-state index contributed by atoms with van der Waals surface area (Å²) in [4.78, 5) is 14.5. The van der Waals surface area contributed by atoms with Crippen LogP contribution in [0.3, 0.4) is 0 Å². The maximum absolute atomic E-state index is 10.6. The minimum absolute atomic E-state index is 0.0333. The summed E-state index contributed by atoms with van der Waals surface area (Å²) in [6.45, 7) is 0. The van der Waals surface area contributed by atoms with Crippen molar-refractivity contribution in [1.29, 1.82) is 0 Å². The van der Waals surface area contributed by atoms with Crippen molar-refractivity contribution < 1.29 is 9.90 Å². The van der Waals surface area contributed by atoms with Crippen LogP contribution in [0.4, 0.5) is 0 Å². The molecule has 2 aromatic rings. The molecule has 6 heteroatoms. The number of aromatic carboxylic acids is 1. The van der Waals surface area contributed by atoms with Gasteiger partial charge in [0.15, 0.2) is 11.3 Å². The molecule has 66 valence electrons. The van der Waals surface area contributed by atoms with Gasteiger partial charge in [-0.05, 0) is 28.7 Å². The van der Waals surface area contributed by atoms with Crippen LogP contribution in [-0.2, 0) is 0 Å². The molecule has 1 N–H and O–H groups in total. The standard InChI is InChI=1S/C7H4IN3O2/c8-4-3-9-11-2-1-5(7(12)13)10-6(4)11/h1-3H,(H,12,13). The molecule has 0 aliphatic heterocycles. The van der Waals surface area contributed by atoms with Crippen molar-refractivity contribution >= 4 is 34.2 Å². The largest absolute Gasteiger partial charge is 0.477 e. The lowest BCUT2D eigenvalue weighted by atomic mass is 10.4. The van der Waals surface area contributed by atoms with Gasteiger partial charge in [-0.25, -0.2) is 14.3 Å². The molecular weight excluding hydrogens is 285 g/mol. The first kappa shape index (κ1) is 8.42. The first-order valence-corrected chi connectivity index (χ1v) is 4.49. The van der Waals surface area contributed by atoms with E-state index in [0.717, 1.165) is 3.57 Å². The second-order valence-corrected chi connectivity index (χ2v) is 3.54. The van der Waals surface area contributed by atoms with Gasteiger partial charge in [0.05, 0.1) is 9.77 Å². The molecule has 0 aliphatic rings. The molecule has 0 bridgehead atoms. The number of rotatable bonds is 1. The number of carbonyl (C=O) groups is 1. The van der Waals surface area contributed by atoms with Crippen LogP contribution >= 0.6 is 22.6 Å². The van der Waals surface area contributed by atoms with Crippen LogP contribution in [0.25, 0.3) is 5.65 Å². The van der Waals surface area contributed by atoms with Crippen molar-refractivity contribution in [2.45, 2.75) is 0 Å². The van der Waals surface area contributed by atoms with Gasteiger partial charge in [0.25, 0.3) is 0 Å². The Morgan fingerprint density at radius 1 is 1.62 bits per heavy atom. The molecule has 2 heterocycles. The van der Waals surface area contributed by atoms with Crippen molar-refractivity contribution in [2.24, 2.45) is 0 Å². The lowest BCUT2D eigenvalue weighted by molar-refractivity contribution is 0.0690. The summed E-state index contributed by atoms with van der Waals surface area (Å²) in [5, 5.41) is 12.7. The highest BCUT2D eigenvalue weighted by atomic mass is 127. The fourth-order valence-corrected chi connectivity index (χ4v) is 1.45. The fraction of sp³-hybridized carbons (Fsp3) is 0. The van der Waals surface area contributed by atoms with E-state index in [1.54, 1.807) is 12.4 Å². The maximum atomic E-state index is 10.6. The van der Waals surface area contributed by atoms with Gasteiger partial charge >= 0.3 is 5.97 Å². The van der Waals surface area contributed by atoms with Gasteiger partial charge in [-0.3, -0.25) is 0 Å². The Bertz CT molecular complexity index is 480. The Balaban J connectivity index is 2.72. The summed E-state index contributed by atoms with van der Waals surface area (Å²) < 4.78 is 2.37. The van der Waals surface area contributed by atoms with E-state index in [-0.39, 0.29) is 5.69 Å². The molecule has 0 saturated heterocycles. The molecule has 0 spiro atoms. The van der Waals surface area contributed by atoms with Gasteiger partial charge in [-0.1, -0.05) is 0 Å². The highest BCUT2D eigenvalue weighted by molar-refractivity contribution is 14.1. The number of hydrogen-bond donors (Lipinski definition) is 1. The number of nitrogens with zero attached hydrogens (tertiary/aromatic N) is 3. The zero-order valence-corrected chi connectivity index (χ0v) is 8.46. The van der Waals surface area contributed by atoms with Gasteiger partial charge in [0, 0.05) is 6.20 Å². The first-order chi connectivity index (χ1) is 6.18. The summed E-state index contributed by atoms with van der Waals surface area (Å²) in [5.74, 6) is -1.03. The van der Waals surface area contributed by atoms with Crippen LogP contribution in [-0.4, -0.2) is 25.7 Å². The minimum atomic E-state index is -1.03. The van der Waals surface area contributed by atoms with Crippen LogP contribution in [0.5, 0.6) is 0 Å². The number of hydrogen-bond acceptors (Lipinski definition) is 3. The predicted molar refractivity (Wildman–Crippen MR) is 52.7 cm³/mol. The van der Waals surface area contributed by atoms with Gasteiger partial charge in [0.2, 0.25) is 0 Å². The summed E-state index contributed by atoms with van der Waals surface area (Å²) in [6, 6.07) is 1.42. The van der Waals surface area contributed by atoms with Crippen LogP contribution < -0.4 is 0 Å². The fourth-order valence-electron chi connectivity index (χ4n) is 0.960. The van der Waals surface area contributed by atoms with E-state index in [1.165, 1.54) is 10.6 Å². The molecule has 0 aromatic carbocycles. The second-order valence-electron chi connectivity index (χ2n) is 2.38. The van der Waals surface area contributed by atoms with Crippen LogP contribution in [0, 0.1) is 3.57 Å². The topological polar surface area (TPSA) is 67.5 Å². The van der Waals surface area contributed by atoms with Gasteiger partial charge in [-0.2, -0.15) is 5.10 Å². The zero-order chi connectivity index (χ0) is 9.42. The maximum Gasteiger partial charge on any atom is 0.354 e. The molecule has 5 nitrogen and oxygen atoms in total. The SMILES string of the molecule is O=C(O)c1ccn2ncc(I)c2n1. The molecule has 2 aromatic heterocycles. The zero-order valence-electron chi connectivity index (χ0n) is 6.31. The van der Waals surface area contributed by atoms with E-state index in [9.17, 15) is 4.79 Å². The van der Waals surface area contributed by atoms with Crippen LogP contribution in [0.2, 0.25) is 0 Å². The van der Waals surface area contributed by atoms with E-state index in [0.29, 0.717) is 5.65 Å². The Kier molecular flexibility index (Phi) is 1.91. The van der Waals surface area contributed by atoms with Crippen LogP contribution in [0.1, 0.15) is 10.5 Å². The Morgan fingerprint density at radius 2 is 2.38 bits per heavy atom. The molecule has 13 heavy (non-hydrogen) atoms. The predicted octanol–water partition coefficient (Wildman–Crippen LogP) is 1.03. The molecule has 0 amide bonds. The van der Waals surface area contributed by atoms with Gasteiger partial charge in [-0.15, -0.1) is 0 Å². The Labute approximate surface area is 86.5 Å². The third-order valence-corrected chi connectivity index (χ3v) is 2.31. The van der Waals surface area contributed by atoms with E-state index in [4.69, 9.17) is 5.11 Å². The number of aromatic nitrogens is 3. The smallest absolute Gasteiger partial charge is 0.354 e. The molecule has 0 radical (unpaired) electrons. The highest BCUT2D eigenvalue weighted by Crippen LogP contribution is 2.10. The third kappa shape index (κ3) is 1.37. The quantitative estimate of drug-likeness (QED) is 0.796. The number of halogens is 1. The molecule has 0 fully saturated rings. The molecule has 0 aliphatic carbocycles. The summed E-state index contributed by atoms with van der Waals surface area (Å²) >= 11 is 2.05. The van der Waals surface area contributed by atoms with Crippen molar-refractivity contribution in [2.75, 3.05) is 0 Å². The first-order valence-electron chi connectivity index (χ1n) is 3.41. The lowest BCUT2D eigenvalue weighted by Crippen LogP contribution is -2.02. The van der Waals surface area contributed by atoms with E-state index < -0.39 is 5.97 Å². The average Bonchev–Trinajstić information content (AvgIpc) is 2.47. The molecule has 2 rings (SSSR count). The number of carboxylic acid groups (broad SMARTS) is 1. The normalized spacial score (nSPS) is 10.5. The average molecular weight is 289 g/mol. The molecule has 0 unspecified atom stereocenters. The van der Waals surface area contributed by atoms with Crippen molar-refractivity contribution in [3.8, 4) is 0 Å². The van der Waals surface area contributed by atoms with Crippen molar-refractivity contribution in [3.63, 3.8) is 0 Å². The van der Waals surface area contributed by atoms with Gasteiger partial charge in [0.1, 0.15) is 0 Å². The molecular formula is C7H4IN3O2. The Hall–Kier alpha value is -1.18. The van der Waals surface area contributed by atoms with E-state index in [2.05, 4.69) is 32.7 Å². The molecule has 0 atom stereocenters. The summed E-state index contributed by atoms with van der Waals surface area (Å²) in [5.41, 5.74) is 0.603. The van der Waals surface area contributed by atoms with Crippen molar-refractivity contribution in [3.05, 3.63) is 27.7 Å². The van der Waals surface area contributed by atoms with E-state index in [1.807, 2.05) is 0 Å². The third-order valence-electron chi connectivity index (χ3n) is 1.55. The summed E-state index contributed by atoms with van der Waals surface area (Å²) in [7, 11) is 0. The van der Waals surface area contributed by atoms with E-state index >= 15 is 0 Å². The number of carboxylic acids is 1. The second kappa shape index (κ2) is 2.95. The lowest BCUT2D eigenvalue weighted by Gasteiger charge is -1.94. The molecule has 0 saturated carbocycles.